The second kappa shape index (κ2) is 6.13. The van der Waals surface area contributed by atoms with Gasteiger partial charge in [-0.3, -0.25) is 9.80 Å². The summed E-state index contributed by atoms with van der Waals surface area (Å²) in [6.45, 7) is 10.1. The molecular formula is C16H29N3O2. The van der Waals surface area contributed by atoms with E-state index in [4.69, 9.17) is 9.47 Å². The summed E-state index contributed by atoms with van der Waals surface area (Å²) in [6.07, 6.45) is 4.64. The molecule has 1 unspecified atom stereocenters. The highest BCUT2D eigenvalue weighted by molar-refractivity contribution is 4.98. The summed E-state index contributed by atoms with van der Waals surface area (Å²) >= 11 is 0. The zero-order chi connectivity index (χ0) is 14.1. The first-order valence-electron chi connectivity index (χ1n) is 8.75. The van der Waals surface area contributed by atoms with E-state index in [0.717, 1.165) is 57.8 Å². The lowest BCUT2D eigenvalue weighted by molar-refractivity contribution is -0.160. The van der Waals surface area contributed by atoms with Gasteiger partial charge in [-0.2, -0.15) is 0 Å². The number of hydrogen-bond acceptors (Lipinski definition) is 5. The summed E-state index contributed by atoms with van der Waals surface area (Å²) < 4.78 is 11.7. The summed E-state index contributed by atoms with van der Waals surface area (Å²) in [5.74, 6) is 0. The van der Waals surface area contributed by atoms with E-state index >= 15 is 0 Å². The van der Waals surface area contributed by atoms with Gasteiger partial charge in [-0.15, -0.1) is 0 Å². The summed E-state index contributed by atoms with van der Waals surface area (Å²) in [7, 11) is 0. The molecule has 4 saturated heterocycles. The van der Waals surface area contributed by atoms with E-state index in [1.54, 1.807) is 0 Å². The van der Waals surface area contributed by atoms with Gasteiger partial charge in [0.1, 0.15) is 0 Å². The third kappa shape index (κ3) is 2.99. The maximum Gasteiger partial charge on any atom is 0.0741 e. The predicted molar refractivity (Wildman–Crippen MR) is 81.6 cm³/mol. The molecule has 0 amide bonds. The second-order valence-corrected chi connectivity index (χ2v) is 7.18. The predicted octanol–water partition coefficient (Wildman–Crippen LogP) is 0.304. The van der Waals surface area contributed by atoms with Gasteiger partial charge >= 0.3 is 0 Å². The lowest BCUT2D eigenvalue weighted by Gasteiger charge is -2.53. The van der Waals surface area contributed by atoms with Crippen LogP contribution in [0.25, 0.3) is 0 Å². The number of nitrogens with zero attached hydrogens (tertiary/aromatic N) is 2. The number of piperazine rings is 1. The van der Waals surface area contributed by atoms with Gasteiger partial charge < -0.3 is 14.8 Å². The number of rotatable bonds is 2. The van der Waals surface area contributed by atoms with Crippen molar-refractivity contribution in [1.29, 1.82) is 0 Å². The molecule has 5 heteroatoms. The zero-order valence-electron chi connectivity index (χ0n) is 13.1. The van der Waals surface area contributed by atoms with Crippen molar-refractivity contribution in [3.05, 3.63) is 0 Å². The lowest BCUT2D eigenvalue weighted by atomic mass is 9.82. The third-order valence-electron chi connectivity index (χ3n) is 5.95. The number of ether oxygens (including phenoxy) is 2. The highest BCUT2D eigenvalue weighted by atomic mass is 16.5. The van der Waals surface area contributed by atoms with Crippen LogP contribution in [0.1, 0.15) is 25.7 Å². The van der Waals surface area contributed by atoms with E-state index in [2.05, 4.69) is 15.1 Å². The van der Waals surface area contributed by atoms with Crippen LogP contribution in [0.5, 0.6) is 0 Å². The van der Waals surface area contributed by atoms with Crippen LogP contribution in [0.2, 0.25) is 0 Å². The van der Waals surface area contributed by atoms with Gasteiger partial charge in [0.15, 0.2) is 0 Å². The summed E-state index contributed by atoms with van der Waals surface area (Å²) in [5.41, 5.74) is 0.140. The minimum atomic E-state index is 0.140. The quantitative estimate of drug-likeness (QED) is 0.793. The Balaban J connectivity index is 1.29. The molecule has 0 aromatic carbocycles. The maximum atomic E-state index is 6.17. The van der Waals surface area contributed by atoms with E-state index in [-0.39, 0.29) is 5.60 Å². The number of nitrogens with one attached hydrogen (secondary N) is 1. The monoisotopic (exact) mass is 295 g/mol. The molecule has 0 aromatic heterocycles. The van der Waals surface area contributed by atoms with Crippen molar-refractivity contribution in [3.8, 4) is 0 Å². The van der Waals surface area contributed by atoms with Gasteiger partial charge in [0.25, 0.3) is 0 Å². The van der Waals surface area contributed by atoms with Gasteiger partial charge in [0.2, 0.25) is 0 Å². The van der Waals surface area contributed by atoms with E-state index in [1.807, 2.05) is 0 Å². The van der Waals surface area contributed by atoms with Gasteiger partial charge in [-0.25, -0.2) is 0 Å². The Hall–Kier alpha value is -0.200. The minimum absolute atomic E-state index is 0.140. The molecule has 4 heterocycles. The Morgan fingerprint density at radius 1 is 0.905 bits per heavy atom. The van der Waals surface area contributed by atoms with Crippen LogP contribution in [0.4, 0.5) is 0 Å². The topological polar surface area (TPSA) is 37.0 Å². The smallest absolute Gasteiger partial charge is 0.0741 e. The fourth-order valence-electron chi connectivity index (χ4n) is 4.47. The SMILES string of the molecule is C1CN(C2CN(C3CCOC4(CCOCC4)C3)C2)CCN1. The van der Waals surface area contributed by atoms with Gasteiger partial charge in [-0.05, 0) is 25.7 Å². The van der Waals surface area contributed by atoms with Crippen LogP contribution >= 0.6 is 0 Å². The highest BCUT2D eigenvalue weighted by Crippen LogP contribution is 2.37. The number of likely N-dealkylation sites (tertiary alicyclic amines) is 1. The van der Waals surface area contributed by atoms with Crippen molar-refractivity contribution in [2.24, 2.45) is 0 Å². The first-order chi connectivity index (χ1) is 10.3. The average Bonchev–Trinajstić information content (AvgIpc) is 2.48. The Morgan fingerprint density at radius 3 is 2.43 bits per heavy atom. The molecule has 120 valence electrons. The molecule has 5 nitrogen and oxygen atoms in total. The van der Waals surface area contributed by atoms with Crippen LogP contribution in [0.15, 0.2) is 0 Å². The largest absolute Gasteiger partial charge is 0.381 e. The summed E-state index contributed by atoms with van der Waals surface area (Å²) in [6, 6.07) is 1.55. The van der Waals surface area contributed by atoms with E-state index < -0.39 is 0 Å². The normalized spacial score (nSPS) is 35.7. The Kier molecular flexibility index (Phi) is 4.20. The van der Waals surface area contributed by atoms with E-state index in [0.29, 0.717) is 0 Å². The lowest BCUT2D eigenvalue weighted by Crippen LogP contribution is -2.66. The Bertz CT molecular complexity index is 342. The van der Waals surface area contributed by atoms with E-state index in [1.165, 1.54) is 39.0 Å². The minimum Gasteiger partial charge on any atom is -0.381 e. The third-order valence-corrected chi connectivity index (χ3v) is 5.95. The Morgan fingerprint density at radius 2 is 1.67 bits per heavy atom. The zero-order valence-corrected chi connectivity index (χ0v) is 13.1. The molecule has 21 heavy (non-hydrogen) atoms. The second-order valence-electron chi connectivity index (χ2n) is 7.18. The molecule has 1 spiro atoms. The molecule has 0 radical (unpaired) electrons. The van der Waals surface area contributed by atoms with Crippen molar-refractivity contribution < 1.29 is 9.47 Å². The van der Waals surface area contributed by atoms with Crippen LogP contribution < -0.4 is 5.32 Å². The molecule has 0 bridgehead atoms. The molecule has 1 N–H and O–H groups in total. The molecule has 4 fully saturated rings. The molecule has 0 aliphatic carbocycles. The molecule has 0 saturated carbocycles. The molecule has 0 aromatic rings. The number of hydrogen-bond donors (Lipinski definition) is 1. The maximum absolute atomic E-state index is 6.17. The van der Waals surface area contributed by atoms with Crippen LogP contribution in [0.3, 0.4) is 0 Å². The molecular weight excluding hydrogens is 266 g/mol. The van der Waals surface area contributed by atoms with Crippen LogP contribution in [0, 0.1) is 0 Å². The fourth-order valence-corrected chi connectivity index (χ4v) is 4.47. The van der Waals surface area contributed by atoms with Gasteiger partial charge in [-0.1, -0.05) is 0 Å². The first kappa shape index (κ1) is 14.4. The van der Waals surface area contributed by atoms with Gasteiger partial charge in [0, 0.05) is 71.2 Å². The molecule has 4 aliphatic heterocycles. The summed E-state index contributed by atoms with van der Waals surface area (Å²) in [5, 5.41) is 3.45. The van der Waals surface area contributed by atoms with E-state index in [9.17, 15) is 0 Å². The van der Waals surface area contributed by atoms with Crippen molar-refractivity contribution in [3.63, 3.8) is 0 Å². The average molecular weight is 295 g/mol. The van der Waals surface area contributed by atoms with Crippen molar-refractivity contribution in [1.82, 2.24) is 15.1 Å². The van der Waals surface area contributed by atoms with Crippen molar-refractivity contribution >= 4 is 0 Å². The first-order valence-corrected chi connectivity index (χ1v) is 8.75. The van der Waals surface area contributed by atoms with Crippen molar-refractivity contribution in [2.45, 2.75) is 43.4 Å². The highest BCUT2D eigenvalue weighted by Gasteiger charge is 2.44. The Labute approximate surface area is 127 Å². The van der Waals surface area contributed by atoms with Crippen LogP contribution in [-0.2, 0) is 9.47 Å². The standard InChI is InChI=1S/C16H29N3O2/c1-8-21-16(2-9-20-10-3-16)11-14(1)19-12-15(13-19)18-6-4-17-5-7-18/h14-15,17H,1-13H2. The molecule has 4 rings (SSSR count). The molecule has 4 aliphatic rings. The van der Waals surface area contributed by atoms with Gasteiger partial charge in [0.05, 0.1) is 5.60 Å². The van der Waals surface area contributed by atoms with Crippen LogP contribution in [-0.4, -0.2) is 86.6 Å². The molecule has 1 atom stereocenters. The fraction of sp³-hybridized carbons (Fsp3) is 1.00. The summed E-state index contributed by atoms with van der Waals surface area (Å²) in [4.78, 5) is 5.39. The van der Waals surface area contributed by atoms with Crippen molar-refractivity contribution in [2.75, 3.05) is 59.1 Å².